The largest absolute Gasteiger partial charge is 0.376 e. The average molecular weight is 345 g/mol. The second-order valence-corrected chi connectivity index (χ2v) is 7.22. The Bertz CT molecular complexity index is 823. The fraction of sp³-hybridized carbons (Fsp3) is 0.312. The first-order chi connectivity index (χ1) is 11.3. The molecule has 3 aromatic heterocycles. The fourth-order valence-electron chi connectivity index (χ4n) is 2.63. The SMILES string of the molecule is O=C(c1cccs1)c1nc(NCC2CCCO2)nc2ccsc12. The first-order valence-corrected chi connectivity index (χ1v) is 9.26. The Labute approximate surface area is 141 Å². The number of anilines is 1. The Morgan fingerprint density at radius 1 is 1.30 bits per heavy atom. The molecule has 1 N–H and O–H groups in total. The average Bonchev–Trinajstić information content (AvgIpc) is 3.33. The van der Waals surface area contributed by atoms with Crippen LogP contribution < -0.4 is 5.32 Å². The maximum absolute atomic E-state index is 12.7. The lowest BCUT2D eigenvalue weighted by Gasteiger charge is -2.11. The van der Waals surface area contributed by atoms with Gasteiger partial charge in [0.1, 0.15) is 5.69 Å². The van der Waals surface area contributed by atoms with Gasteiger partial charge in [-0.3, -0.25) is 4.79 Å². The van der Waals surface area contributed by atoms with Crippen molar-refractivity contribution in [1.82, 2.24) is 9.97 Å². The summed E-state index contributed by atoms with van der Waals surface area (Å²) in [7, 11) is 0. The molecule has 4 heterocycles. The molecule has 0 amide bonds. The topological polar surface area (TPSA) is 64.1 Å². The summed E-state index contributed by atoms with van der Waals surface area (Å²) < 4.78 is 6.44. The minimum Gasteiger partial charge on any atom is -0.376 e. The third kappa shape index (κ3) is 2.99. The van der Waals surface area contributed by atoms with Gasteiger partial charge >= 0.3 is 0 Å². The molecule has 0 radical (unpaired) electrons. The van der Waals surface area contributed by atoms with E-state index in [2.05, 4.69) is 15.3 Å². The molecule has 0 aromatic carbocycles. The molecular weight excluding hydrogens is 330 g/mol. The zero-order valence-corrected chi connectivity index (χ0v) is 14.0. The highest BCUT2D eigenvalue weighted by Crippen LogP contribution is 2.26. The number of nitrogens with zero attached hydrogens (tertiary/aromatic N) is 2. The highest BCUT2D eigenvalue weighted by Gasteiger charge is 2.20. The van der Waals surface area contributed by atoms with Crippen LogP contribution in [0.5, 0.6) is 0 Å². The van der Waals surface area contributed by atoms with Crippen molar-refractivity contribution in [3.05, 3.63) is 39.5 Å². The molecule has 0 saturated carbocycles. The van der Waals surface area contributed by atoms with Crippen LogP contribution in [0.2, 0.25) is 0 Å². The van der Waals surface area contributed by atoms with Crippen LogP contribution in [0.1, 0.15) is 28.2 Å². The number of hydrogen-bond donors (Lipinski definition) is 1. The van der Waals surface area contributed by atoms with Crippen LogP contribution in [0.3, 0.4) is 0 Å². The maximum Gasteiger partial charge on any atom is 0.224 e. The van der Waals surface area contributed by atoms with E-state index in [0.717, 1.165) is 29.7 Å². The Morgan fingerprint density at radius 3 is 3.04 bits per heavy atom. The molecule has 118 valence electrons. The molecule has 1 aliphatic heterocycles. The van der Waals surface area contributed by atoms with Crippen LogP contribution in [0.15, 0.2) is 29.0 Å². The van der Waals surface area contributed by atoms with E-state index in [1.807, 2.05) is 29.0 Å². The number of ketones is 1. The number of aromatic nitrogens is 2. The van der Waals surface area contributed by atoms with Crippen molar-refractivity contribution in [2.24, 2.45) is 0 Å². The third-order valence-corrected chi connectivity index (χ3v) is 5.55. The molecule has 0 aliphatic carbocycles. The summed E-state index contributed by atoms with van der Waals surface area (Å²) in [6.45, 7) is 1.49. The number of nitrogens with one attached hydrogen (secondary N) is 1. The number of ether oxygens (including phenoxy) is 1. The van der Waals surface area contributed by atoms with E-state index < -0.39 is 0 Å². The standard InChI is InChI=1S/C16H15N3O2S2/c20-14(12-4-2-7-22-12)13-15-11(5-8-23-15)18-16(19-13)17-9-10-3-1-6-21-10/h2,4-5,7-8,10H,1,3,6,9H2,(H,17,18,19). The second kappa shape index (κ2) is 6.35. The molecule has 1 fully saturated rings. The van der Waals surface area contributed by atoms with Gasteiger partial charge in [0.25, 0.3) is 0 Å². The summed E-state index contributed by atoms with van der Waals surface area (Å²) in [6.07, 6.45) is 2.35. The molecule has 1 atom stereocenters. The molecule has 1 aliphatic rings. The van der Waals surface area contributed by atoms with E-state index in [0.29, 0.717) is 23.1 Å². The second-order valence-electron chi connectivity index (χ2n) is 5.35. The summed E-state index contributed by atoms with van der Waals surface area (Å²) in [5.74, 6) is 0.446. The van der Waals surface area contributed by atoms with E-state index in [9.17, 15) is 4.79 Å². The lowest BCUT2D eigenvalue weighted by Crippen LogP contribution is -2.20. The zero-order valence-electron chi connectivity index (χ0n) is 12.3. The van der Waals surface area contributed by atoms with Gasteiger partial charge in [-0.05, 0) is 35.7 Å². The summed E-state index contributed by atoms with van der Waals surface area (Å²) in [4.78, 5) is 22.4. The fourth-order valence-corrected chi connectivity index (χ4v) is 4.11. The zero-order chi connectivity index (χ0) is 15.6. The number of rotatable bonds is 5. The minimum absolute atomic E-state index is 0.0463. The molecule has 0 spiro atoms. The van der Waals surface area contributed by atoms with E-state index in [-0.39, 0.29) is 11.9 Å². The smallest absolute Gasteiger partial charge is 0.224 e. The lowest BCUT2D eigenvalue weighted by molar-refractivity contribution is 0.104. The van der Waals surface area contributed by atoms with Crippen molar-refractivity contribution in [3.8, 4) is 0 Å². The number of thiophene rings is 2. The quantitative estimate of drug-likeness (QED) is 0.716. The first kappa shape index (κ1) is 14.7. The highest BCUT2D eigenvalue weighted by molar-refractivity contribution is 7.17. The summed E-state index contributed by atoms with van der Waals surface area (Å²) >= 11 is 2.93. The third-order valence-electron chi connectivity index (χ3n) is 3.78. The molecule has 1 unspecified atom stereocenters. The number of carbonyl (C=O) groups excluding carboxylic acids is 1. The number of carbonyl (C=O) groups is 1. The minimum atomic E-state index is -0.0463. The van der Waals surface area contributed by atoms with Crippen LogP contribution in [-0.2, 0) is 4.74 Å². The van der Waals surface area contributed by atoms with Crippen LogP contribution in [0, 0.1) is 0 Å². The van der Waals surface area contributed by atoms with Gasteiger partial charge in [0.15, 0.2) is 0 Å². The molecule has 0 bridgehead atoms. The molecule has 23 heavy (non-hydrogen) atoms. The molecule has 3 aromatic rings. The van der Waals surface area contributed by atoms with Crippen LogP contribution >= 0.6 is 22.7 Å². The Kier molecular flexibility index (Phi) is 4.07. The summed E-state index contributed by atoms with van der Waals surface area (Å²) in [5, 5.41) is 7.06. The first-order valence-electron chi connectivity index (χ1n) is 7.50. The Morgan fingerprint density at radius 2 is 2.26 bits per heavy atom. The van der Waals surface area contributed by atoms with Crippen molar-refractivity contribution in [3.63, 3.8) is 0 Å². The van der Waals surface area contributed by atoms with Crippen LogP contribution in [-0.4, -0.2) is 35.0 Å². The van der Waals surface area contributed by atoms with Gasteiger partial charge in [0.05, 0.1) is 21.2 Å². The van der Waals surface area contributed by atoms with E-state index in [1.54, 1.807) is 0 Å². The van der Waals surface area contributed by atoms with Crippen molar-refractivity contribution in [2.45, 2.75) is 18.9 Å². The van der Waals surface area contributed by atoms with E-state index in [4.69, 9.17) is 4.74 Å². The summed E-state index contributed by atoms with van der Waals surface area (Å²) in [5.41, 5.74) is 1.28. The highest BCUT2D eigenvalue weighted by atomic mass is 32.1. The van der Waals surface area contributed by atoms with Crippen molar-refractivity contribution >= 4 is 44.6 Å². The lowest BCUT2D eigenvalue weighted by atomic mass is 10.2. The van der Waals surface area contributed by atoms with Crippen LogP contribution in [0.4, 0.5) is 5.95 Å². The molecule has 4 rings (SSSR count). The molecule has 5 nitrogen and oxygen atoms in total. The molecule has 1 saturated heterocycles. The molecule has 7 heteroatoms. The molecular formula is C16H15N3O2S2. The van der Waals surface area contributed by atoms with Crippen LogP contribution in [0.25, 0.3) is 10.2 Å². The number of fused-ring (bicyclic) bond motifs is 1. The monoisotopic (exact) mass is 345 g/mol. The van der Waals surface area contributed by atoms with Gasteiger partial charge in [0.2, 0.25) is 11.7 Å². The predicted molar refractivity (Wildman–Crippen MR) is 92.6 cm³/mol. The van der Waals surface area contributed by atoms with Gasteiger partial charge in [-0.2, -0.15) is 0 Å². The van der Waals surface area contributed by atoms with E-state index in [1.165, 1.54) is 22.7 Å². The number of hydrogen-bond acceptors (Lipinski definition) is 7. The normalized spacial score (nSPS) is 17.7. The predicted octanol–water partition coefficient (Wildman–Crippen LogP) is 3.57. The Hall–Kier alpha value is -1.83. The van der Waals surface area contributed by atoms with Gasteiger partial charge in [-0.25, -0.2) is 9.97 Å². The van der Waals surface area contributed by atoms with Crippen molar-refractivity contribution < 1.29 is 9.53 Å². The van der Waals surface area contributed by atoms with Gasteiger partial charge in [-0.1, -0.05) is 6.07 Å². The maximum atomic E-state index is 12.7. The van der Waals surface area contributed by atoms with Gasteiger partial charge in [-0.15, -0.1) is 22.7 Å². The van der Waals surface area contributed by atoms with Crippen molar-refractivity contribution in [1.29, 1.82) is 0 Å². The Balaban J connectivity index is 1.65. The summed E-state index contributed by atoms with van der Waals surface area (Å²) in [6, 6.07) is 5.62. The van der Waals surface area contributed by atoms with E-state index >= 15 is 0 Å². The van der Waals surface area contributed by atoms with Gasteiger partial charge < -0.3 is 10.1 Å². The van der Waals surface area contributed by atoms with Gasteiger partial charge in [0, 0.05) is 13.2 Å². The van der Waals surface area contributed by atoms with Crippen molar-refractivity contribution in [2.75, 3.05) is 18.5 Å².